The van der Waals surface area contributed by atoms with E-state index < -0.39 is 12.1 Å². The number of nitrogens with zero attached hydrogens (tertiary/aromatic N) is 1. The molecule has 0 spiro atoms. The summed E-state index contributed by atoms with van der Waals surface area (Å²) in [6, 6.07) is 5.80. The van der Waals surface area contributed by atoms with E-state index >= 15 is 0 Å². The first-order chi connectivity index (χ1) is 12.9. The molecule has 2 amide bonds. The van der Waals surface area contributed by atoms with Gasteiger partial charge in [0.1, 0.15) is 12.3 Å². The summed E-state index contributed by atoms with van der Waals surface area (Å²) >= 11 is 0. The van der Waals surface area contributed by atoms with Crippen molar-refractivity contribution in [3.05, 3.63) is 53.6 Å². The highest BCUT2D eigenvalue weighted by molar-refractivity contribution is 5.98. The number of carbonyl (C=O) groups excluding carboxylic acids is 3. The van der Waals surface area contributed by atoms with Gasteiger partial charge in [-0.25, -0.2) is 4.98 Å². The predicted molar refractivity (Wildman–Crippen MR) is 102 cm³/mol. The van der Waals surface area contributed by atoms with Gasteiger partial charge in [0, 0.05) is 23.9 Å². The topological polar surface area (TPSA) is 104 Å². The first-order valence-electron chi connectivity index (χ1n) is 9.00. The summed E-state index contributed by atoms with van der Waals surface area (Å²) in [6.45, 7) is 5.79. The van der Waals surface area contributed by atoms with Gasteiger partial charge in [0.15, 0.2) is 0 Å². The molecule has 2 aromatic rings. The van der Waals surface area contributed by atoms with Gasteiger partial charge >= 0.3 is 0 Å². The molecule has 0 aliphatic heterocycles. The molecular weight excluding hydrogens is 344 g/mol. The highest BCUT2D eigenvalue weighted by Crippen LogP contribution is 2.10. The number of benzene rings is 1. The molecule has 0 unspecified atom stereocenters. The maximum absolute atomic E-state index is 12.7. The Balaban J connectivity index is 2.07. The van der Waals surface area contributed by atoms with Crippen molar-refractivity contribution in [1.82, 2.24) is 20.6 Å². The third kappa shape index (κ3) is 6.06. The molecule has 1 aromatic carbocycles. The lowest BCUT2D eigenvalue weighted by atomic mass is 10.0. The molecule has 0 bridgehead atoms. The molecule has 2 atom stereocenters. The second kappa shape index (κ2) is 9.66. The molecule has 1 aromatic heterocycles. The van der Waals surface area contributed by atoms with Crippen molar-refractivity contribution in [2.75, 3.05) is 0 Å². The third-order valence-electron chi connectivity index (χ3n) is 4.21. The molecule has 0 aliphatic carbocycles. The van der Waals surface area contributed by atoms with Crippen molar-refractivity contribution >= 4 is 18.1 Å². The van der Waals surface area contributed by atoms with E-state index in [-0.39, 0.29) is 17.7 Å². The molecule has 27 heavy (non-hydrogen) atoms. The minimum absolute atomic E-state index is 0.195. The van der Waals surface area contributed by atoms with Gasteiger partial charge in [-0.05, 0) is 30.9 Å². The number of aromatic nitrogens is 2. The minimum Gasteiger partial charge on any atom is -0.348 e. The quantitative estimate of drug-likeness (QED) is 0.585. The summed E-state index contributed by atoms with van der Waals surface area (Å²) in [4.78, 5) is 43.5. The summed E-state index contributed by atoms with van der Waals surface area (Å²) in [5.74, 6) is -0.479. The molecule has 2 rings (SSSR count). The number of aryl methyl sites for hydroxylation is 1. The number of amides is 2. The number of hydrogen-bond acceptors (Lipinski definition) is 4. The van der Waals surface area contributed by atoms with Gasteiger partial charge in [-0.15, -0.1) is 0 Å². The fourth-order valence-corrected chi connectivity index (χ4v) is 2.82. The van der Waals surface area contributed by atoms with Crippen LogP contribution in [0.15, 0.2) is 36.8 Å². The fourth-order valence-electron chi connectivity index (χ4n) is 2.82. The molecule has 0 fully saturated rings. The lowest BCUT2D eigenvalue weighted by Gasteiger charge is -2.22. The lowest BCUT2D eigenvalue weighted by molar-refractivity contribution is -0.126. The van der Waals surface area contributed by atoms with Crippen LogP contribution >= 0.6 is 0 Å². The standard InChI is InChI=1S/C20H26N4O3/c1-13(2)8-18(24-19(26)17-7-5-4-6-14(17)3)20(27)23-16(11-25)9-15-10-21-12-22-15/h4-7,10-13,16,18H,8-9H2,1-3H3,(H,21,22)(H,23,27)(H,24,26)/t16-,18-/m0/s1. The Labute approximate surface area is 159 Å². The minimum atomic E-state index is -0.721. The lowest BCUT2D eigenvalue weighted by Crippen LogP contribution is -2.51. The van der Waals surface area contributed by atoms with Crippen LogP contribution in [0.25, 0.3) is 0 Å². The number of rotatable bonds is 9. The predicted octanol–water partition coefficient (Wildman–Crippen LogP) is 1.79. The number of H-pyrrole nitrogens is 1. The number of nitrogens with one attached hydrogen (secondary N) is 3. The summed E-state index contributed by atoms with van der Waals surface area (Å²) in [6.07, 6.45) is 4.60. The van der Waals surface area contributed by atoms with Crippen LogP contribution in [0.4, 0.5) is 0 Å². The molecule has 3 N–H and O–H groups in total. The first kappa shape index (κ1) is 20.4. The molecule has 0 saturated heterocycles. The largest absolute Gasteiger partial charge is 0.348 e. The van der Waals surface area contributed by atoms with Crippen molar-refractivity contribution in [2.45, 2.75) is 45.7 Å². The summed E-state index contributed by atoms with van der Waals surface area (Å²) in [5.41, 5.74) is 2.11. The van der Waals surface area contributed by atoms with E-state index in [1.807, 2.05) is 32.9 Å². The van der Waals surface area contributed by atoms with E-state index in [9.17, 15) is 14.4 Å². The molecule has 0 saturated carbocycles. The molecule has 0 aliphatic rings. The Morgan fingerprint density at radius 3 is 2.56 bits per heavy atom. The van der Waals surface area contributed by atoms with Gasteiger partial charge in [0.25, 0.3) is 5.91 Å². The normalized spacial score (nSPS) is 13.0. The Bertz CT molecular complexity index is 771. The highest BCUT2D eigenvalue weighted by Gasteiger charge is 2.25. The summed E-state index contributed by atoms with van der Waals surface area (Å²) in [7, 11) is 0. The van der Waals surface area contributed by atoms with E-state index in [1.165, 1.54) is 6.33 Å². The van der Waals surface area contributed by atoms with Crippen LogP contribution in [0.1, 0.15) is 41.9 Å². The van der Waals surface area contributed by atoms with Gasteiger partial charge in [0.2, 0.25) is 5.91 Å². The van der Waals surface area contributed by atoms with Crippen LogP contribution < -0.4 is 10.6 Å². The summed E-state index contributed by atoms with van der Waals surface area (Å²) < 4.78 is 0. The van der Waals surface area contributed by atoms with E-state index in [0.29, 0.717) is 24.7 Å². The highest BCUT2D eigenvalue weighted by atomic mass is 16.2. The zero-order chi connectivity index (χ0) is 19.8. The first-order valence-corrected chi connectivity index (χ1v) is 9.00. The molecule has 7 heteroatoms. The molecule has 7 nitrogen and oxygen atoms in total. The summed E-state index contributed by atoms with van der Waals surface area (Å²) in [5, 5.41) is 5.52. The average Bonchev–Trinajstić information content (AvgIpc) is 3.13. The Hall–Kier alpha value is -2.96. The SMILES string of the molecule is Cc1ccccc1C(=O)N[C@@H](CC(C)C)C(=O)N[C@H](C=O)Cc1cnc[nH]1. The van der Waals surface area contributed by atoms with Gasteiger partial charge in [0.05, 0.1) is 12.4 Å². The fraction of sp³-hybridized carbons (Fsp3) is 0.400. The van der Waals surface area contributed by atoms with Crippen LogP contribution in [0.3, 0.4) is 0 Å². The molecule has 0 radical (unpaired) electrons. The maximum Gasteiger partial charge on any atom is 0.252 e. The number of aromatic amines is 1. The van der Waals surface area contributed by atoms with E-state index in [1.54, 1.807) is 18.3 Å². The second-order valence-corrected chi connectivity index (χ2v) is 7.00. The van der Waals surface area contributed by atoms with Crippen molar-refractivity contribution in [3.63, 3.8) is 0 Å². The average molecular weight is 370 g/mol. The monoisotopic (exact) mass is 370 g/mol. The van der Waals surface area contributed by atoms with Crippen molar-refractivity contribution in [1.29, 1.82) is 0 Å². The zero-order valence-corrected chi connectivity index (χ0v) is 15.9. The maximum atomic E-state index is 12.7. The number of carbonyl (C=O) groups is 3. The Kier molecular flexibility index (Phi) is 7.28. The third-order valence-corrected chi connectivity index (χ3v) is 4.21. The van der Waals surface area contributed by atoms with Crippen molar-refractivity contribution < 1.29 is 14.4 Å². The van der Waals surface area contributed by atoms with Crippen LogP contribution in [0, 0.1) is 12.8 Å². The molecule has 144 valence electrons. The van der Waals surface area contributed by atoms with Crippen LogP contribution in [0.5, 0.6) is 0 Å². The van der Waals surface area contributed by atoms with Crippen molar-refractivity contribution in [3.8, 4) is 0 Å². The number of hydrogen-bond donors (Lipinski definition) is 3. The van der Waals surface area contributed by atoms with E-state index in [0.717, 1.165) is 11.3 Å². The second-order valence-electron chi connectivity index (χ2n) is 7.00. The Morgan fingerprint density at radius 2 is 1.96 bits per heavy atom. The van der Waals surface area contributed by atoms with Gasteiger partial charge < -0.3 is 20.4 Å². The molecular formula is C20H26N4O3. The number of imidazole rings is 1. The van der Waals surface area contributed by atoms with Gasteiger partial charge in [-0.1, -0.05) is 32.0 Å². The van der Waals surface area contributed by atoms with Gasteiger partial charge in [-0.3, -0.25) is 9.59 Å². The van der Waals surface area contributed by atoms with Gasteiger partial charge in [-0.2, -0.15) is 0 Å². The zero-order valence-electron chi connectivity index (χ0n) is 15.9. The van der Waals surface area contributed by atoms with Crippen LogP contribution in [-0.2, 0) is 16.0 Å². The smallest absolute Gasteiger partial charge is 0.252 e. The Morgan fingerprint density at radius 1 is 1.22 bits per heavy atom. The number of aldehydes is 1. The van der Waals surface area contributed by atoms with Crippen molar-refractivity contribution in [2.24, 2.45) is 5.92 Å². The van der Waals surface area contributed by atoms with E-state index in [4.69, 9.17) is 0 Å². The van der Waals surface area contributed by atoms with E-state index in [2.05, 4.69) is 20.6 Å². The van der Waals surface area contributed by atoms with Crippen LogP contribution in [-0.4, -0.2) is 40.2 Å². The van der Waals surface area contributed by atoms with Crippen LogP contribution in [0.2, 0.25) is 0 Å². The molecule has 1 heterocycles.